The molecule has 1 aromatic carbocycles. The topological polar surface area (TPSA) is 64.5 Å². The molecule has 0 aliphatic carbocycles. The number of nitrogens with zero attached hydrogens (tertiary/aromatic N) is 2. The van der Waals surface area contributed by atoms with Gasteiger partial charge in [-0.15, -0.1) is 0 Å². The van der Waals surface area contributed by atoms with Crippen molar-refractivity contribution in [1.29, 1.82) is 0 Å². The van der Waals surface area contributed by atoms with E-state index in [9.17, 15) is 0 Å². The molecule has 1 aliphatic rings. The molecule has 2 aromatic rings. The first kappa shape index (κ1) is 12.3. The van der Waals surface area contributed by atoms with E-state index in [4.69, 9.17) is 14.9 Å². The van der Waals surface area contributed by atoms with Crippen LogP contribution in [0.3, 0.4) is 0 Å². The van der Waals surface area contributed by atoms with Crippen molar-refractivity contribution in [2.75, 3.05) is 30.8 Å². The fraction of sp³-hybridized carbons (Fsp3) is 0.500. The first-order valence-electron chi connectivity index (χ1n) is 6.71. The first-order valence-corrected chi connectivity index (χ1v) is 6.71. The summed E-state index contributed by atoms with van der Waals surface area (Å²) in [5.41, 5.74) is 8.01. The summed E-state index contributed by atoms with van der Waals surface area (Å²) in [6.07, 6.45) is 3.79. The van der Waals surface area contributed by atoms with Crippen LogP contribution in [0.1, 0.15) is 19.3 Å². The molecule has 19 heavy (non-hydrogen) atoms. The Balaban J connectivity index is 1.75. The number of likely N-dealkylation sites (N-methyl/N-ethyl adjacent to an activating group) is 1. The normalized spacial score (nSPS) is 19.7. The van der Waals surface area contributed by atoms with Gasteiger partial charge in [0.15, 0.2) is 5.58 Å². The summed E-state index contributed by atoms with van der Waals surface area (Å²) in [5.74, 6) is 0. The van der Waals surface area contributed by atoms with Gasteiger partial charge in [-0.3, -0.25) is 0 Å². The van der Waals surface area contributed by atoms with E-state index in [-0.39, 0.29) is 6.10 Å². The predicted molar refractivity (Wildman–Crippen MR) is 75.3 cm³/mol. The number of aromatic nitrogens is 1. The van der Waals surface area contributed by atoms with E-state index in [1.54, 1.807) is 0 Å². The van der Waals surface area contributed by atoms with Crippen LogP contribution in [0.2, 0.25) is 0 Å². The summed E-state index contributed by atoms with van der Waals surface area (Å²) in [6, 6.07) is 6.12. The Morgan fingerprint density at radius 1 is 1.42 bits per heavy atom. The highest BCUT2D eigenvalue weighted by Crippen LogP contribution is 2.24. The molecule has 0 radical (unpaired) electrons. The number of oxazole rings is 1. The summed E-state index contributed by atoms with van der Waals surface area (Å²) >= 11 is 0. The molecule has 2 heterocycles. The highest BCUT2D eigenvalue weighted by Gasteiger charge is 2.18. The number of nitrogen functional groups attached to an aromatic ring is 1. The monoisotopic (exact) mass is 261 g/mol. The van der Waals surface area contributed by atoms with E-state index in [0.717, 1.165) is 30.7 Å². The lowest BCUT2D eigenvalue weighted by molar-refractivity contribution is 0.0211. The number of hydrogen-bond donors (Lipinski definition) is 1. The minimum absolute atomic E-state index is 0.277. The van der Waals surface area contributed by atoms with Crippen molar-refractivity contribution in [3.63, 3.8) is 0 Å². The van der Waals surface area contributed by atoms with Crippen molar-refractivity contribution in [3.8, 4) is 0 Å². The Morgan fingerprint density at radius 3 is 3.11 bits per heavy atom. The third kappa shape index (κ3) is 2.66. The Kier molecular flexibility index (Phi) is 3.29. The number of benzene rings is 1. The first-order chi connectivity index (χ1) is 9.22. The maximum absolute atomic E-state index is 5.74. The van der Waals surface area contributed by atoms with Crippen molar-refractivity contribution in [2.24, 2.45) is 0 Å². The van der Waals surface area contributed by atoms with Crippen LogP contribution in [0.15, 0.2) is 22.6 Å². The highest BCUT2D eigenvalue weighted by molar-refractivity contribution is 5.78. The van der Waals surface area contributed by atoms with Gasteiger partial charge in [-0.05, 0) is 37.5 Å². The van der Waals surface area contributed by atoms with Crippen molar-refractivity contribution in [3.05, 3.63) is 18.2 Å². The van der Waals surface area contributed by atoms with Gasteiger partial charge in [0, 0.05) is 25.9 Å². The van der Waals surface area contributed by atoms with Crippen LogP contribution in [0.4, 0.5) is 11.7 Å². The van der Waals surface area contributed by atoms with Gasteiger partial charge < -0.3 is 19.8 Å². The molecule has 1 aromatic heterocycles. The van der Waals surface area contributed by atoms with Crippen LogP contribution in [0.25, 0.3) is 11.1 Å². The van der Waals surface area contributed by atoms with Crippen LogP contribution in [0.5, 0.6) is 0 Å². The zero-order chi connectivity index (χ0) is 13.2. The van der Waals surface area contributed by atoms with Crippen molar-refractivity contribution in [2.45, 2.75) is 25.4 Å². The number of hydrogen-bond acceptors (Lipinski definition) is 5. The summed E-state index contributed by atoms with van der Waals surface area (Å²) < 4.78 is 11.5. The van der Waals surface area contributed by atoms with E-state index >= 15 is 0 Å². The molecule has 0 spiro atoms. The van der Waals surface area contributed by atoms with Gasteiger partial charge in [-0.1, -0.05) is 0 Å². The van der Waals surface area contributed by atoms with Gasteiger partial charge in [0.05, 0.1) is 6.10 Å². The number of rotatable bonds is 3. The van der Waals surface area contributed by atoms with E-state index in [0.29, 0.717) is 11.7 Å². The molecule has 5 heteroatoms. The largest absolute Gasteiger partial charge is 0.423 e. The van der Waals surface area contributed by atoms with E-state index in [2.05, 4.69) is 4.98 Å². The lowest BCUT2D eigenvalue weighted by Gasteiger charge is -2.26. The average Bonchev–Trinajstić information content (AvgIpc) is 2.83. The van der Waals surface area contributed by atoms with Gasteiger partial charge in [-0.2, -0.15) is 4.98 Å². The molecule has 1 saturated heterocycles. The second-order valence-corrected chi connectivity index (χ2v) is 5.09. The zero-order valence-corrected chi connectivity index (χ0v) is 11.1. The second-order valence-electron chi connectivity index (χ2n) is 5.09. The fourth-order valence-electron chi connectivity index (χ4n) is 2.43. The fourth-order valence-corrected chi connectivity index (χ4v) is 2.43. The molecule has 1 unspecified atom stereocenters. The summed E-state index contributed by atoms with van der Waals surface area (Å²) in [4.78, 5) is 6.47. The number of nitrogens with two attached hydrogens (primary N) is 1. The molecule has 0 amide bonds. The molecular weight excluding hydrogens is 242 g/mol. The van der Waals surface area contributed by atoms with E-state index in [1.807, 2.05) is 30.1 Å². The molecule has 1 atom stereocenters. The molecule has 1 aliphatic heterocycles. The quantitative estimate of drug-likeness (QED) is 0.860. The number of ether oxygens (including phenoxy) is 1. The molecule has 0 saturated carbocycles. The molecular formula is C14H19N3O2. The minimum Gasteiger partial charge on any atom is -0.423 e. The van der Waals surface area contributed by atoms with Gasteiger partial charge in [0.2, 0.25) is 0 Å². The van der Waals surface area contributed by atoms with Crippen molar-refractivity contribution in [1.82, 2.24) is 4.98 Å². The van der Waals surface area contributed by atoms with Gasteiger partial charge >= 0.3 is 0 Å². The summed E-state index contributed by atoms with van der Waals surface area (Å²) in [5, 5.41) is 0. The maximum Gasteiger partial charge on any atom is 0.298 e. The van der Waals surface area contributed by atoms with Crippen LogP contribution in [-0.2, 0) is 4.74 Å². The molecule has 102 valence electrons. The zero-order valence-electron chi connectivity index (χ0n) is 11.1. The van der Waals surface area contributed by atoms with Crippen molar-refractivity contribution < 1.29 is 9.15 Å². The summed E-state index contributed by atoms with van der Waals surface area (Å²) in [7, 11) is 1.98. The number of anilines is 2. The standard InChI is InChI=1S/C14H19N3O2/c1-17(9-11-4-2-3-7-18-11)14-16-12-8-10(15)5-6-13(12)19-14/h5-6,8,11H,2-4,7,9,15H2,1H3. The van der Waals surface area contributed by atoms with Gasteiger partial charge in [0.25, 0.3) is 6.01 Å². The average molecular weight is 261 g/mol. The third-order valence-electron chi connectivity index (χ3n) is 3.48. The lowest BCUT2D eigenvalue weighted by Crippen LogP contribution is -2.33. The highest BCUT2D eigenvalue weighted by atomic mass is 16.5. The maximum atomic E-state index is 5.74. The van der Waals surface area contributed by atoms with Gasteiger partial charge in [-0.25, -0.2) is 0 Å². The number of fused-ring (bicyclic) bond motifs is 1. The molecule has 3 rings (SSSR count). The summed E-state index contributed by atoms with van der Waals surface area (Å²) in [6.45, 7) is 1.67. The van der Waals surface area contributed by atoms with Crippen LogP contribution >= 0.6 is 0 Å². The molecule has 2 N–H and O–H groups in total. The minimum atomic E-state index is 0.277. The van der Waals surface area contributed by atoms with Crippen molar-refractivity contribution >= 4 is 22.8 Å². The van der Waals surface area contributed by atoms with Gasteiger partial charge in [0.1, 0.15) is 5.52 Å². The Morgan fingerprint density at radius 2 is 2.32 bits per heavy atom. The second kappa shape index (κ2) is 5.09. The molecule has 1 fully saturated rings. The Bertz CT molecular complexity index is 561. The third-order valence-corrected chi connectivity index (χ3v) is 3.48. The van der Waals surface area contributed by atoms with Crippen LogP contribution in [-0.4, -0.2) is 31.3 Å². The Labute approximate surface area is 112 Å². The Hall–Kier alpha value is -1.75. The lowest BCUT2D eigenvalue weighted by atomic mass is 10.1. The van der Waals surface area contributed by atoms with E-state index < -0.39 is 0 Å². The molecule has 5 nitrogen and oxygen atoms in total. The van der Waals surface area contributed by atoms with Crippen LogP contribution in [0, 0.1) is 0 Å². The predicted octanol–water partition coefficient (Wildman–Crippen LogP) is 2.42. The van der Waals surface area contributed by atoms with Crippen LogP contribution < -0.4 is 10.6 Å². The SMILES string of the molecule is CN(CC1CCCCO1)c1nc2cc(N)ccc2o1. The van der Waals surface area contributed by atoms with E-state index in [1.165, 1.54) is 12.8 Å². The molecule has 0 bridgehead atoms. The smallest absolute Gasteiger partial charge is 0.298 e.